The molecule has 0 radical (unpaired) electrons. The molecule has 19 heavy (non-hydrogen) atoms. The fourth-order valence-corrected chi connectivity index (χ4v) is 3.26. The van der Waals surface area contributed by atoms with Crippen molar-refractivity contribution in [3.63, 3.8) is 0 Å². The van der Waals surface area contributed by atoms with Gasteiger partial charge in [0, 0.05) is 12.0 Å². The van der Waals surface area contributed by atoms with Crippen molar-refractivity contribution >= 4 is 11.8 Å². The maximum absolute atomic E-state index is 12.3. The average molecular weight is 267 g/mol. The summed E-state index contributed by atoms with van der Waals surface area (Å²) in [5, 5.41) is 3.07. The van der Waals surface area contributed by atoms with Gasteiger partial charge in [-0.2, -0.15) is 0 Å². The Hall–Kier alpha value is -1.10. The zero-order valence-corrected chi connectivity index (χ0v) is 11.5. The summed E-state index contributed by atoms with van der Waals surface area (Å²) in [4.78, 5) is 23.4. The van der Waals surface area contributed by atoms with Gasteiger partial charge in [-0.25, -0.2) is 0 Å². The van der Waals surface area contributed by atoms with E-state index in [1.807, 2.05) is 0 Å². The number of carbonyl (C=O) groups excluding carboxylic acids is 2. The molecule has 0 bridgehead atoms. The Bertz CT molecular complexity index is 343. The van der Waals surface area contributed by atoms with Crippen LogP contribution in [0.3, 0.4) is 0 Å². The molecule has 0 heterocycles. The lowest BCUT2D eigenvalue weighted by Gasteiger charge is -2.35. The summed E-state index contributed by atoms with van der Waals surface area (Å²) in [5.74, 6) is -0.239. The van der Waals surface area contributed by atoms with Crippen LogP contribution in [-0.4, -0.2) is 23.4 Å². The van der Waals surface area contributed by atoms with Crippen LogP contribution in [0.15, 0.2) is 0 Å². The molecule has 0 saturated heterocycles. The van der Waals surface area contributed by atoms with E-state index >= 15 is 0 Å². The van der Waals surface area contributed by atoms with Crippen molar-refractivity contribution in [3.05, 3.63) is 0 Å². The molecular formula is C14H25N3O2. The molecular weight excluding hydrogens is 242 g/mol. The van der Waals surface area contributed by atoms with Crippen molar-refractivity contribution in [3.8, 4) is 0 Å². The normalized spacial score (nSPS) is 30.6. The smallest absolute Gasteiger partial charge is 0.240 e. The minimum atomic E-state index is -0.668. The molecule has 0 spiro atoms. The van der Waals surface area contributed by atoms with E-state index < -0.39 is 5.54 Å². The Morgan fingerprint density at radius 2 is 1.58 bits per heavy atom. The van der Waals surface area contributed by atoms with E-state index in [4.69, 9.17) is 11.5 Å². The van der Waals surface area contributed by atoms with Crippen molar-refractivity contribution in [2.45, 2.75) is 69.4 Å². The summed E-state index contributed by atoms with van der Waals surface area (Å²) in [5.41, 5.74) is 10.8. The molecule has 2 aliphatic rings. The van der Waals surface area contributed by atoms with E-state index in [-0.39, 0.29) is 23.8 Å². The quantitative estimate of drug-likeness (QED) is 0.705. The summed E-state index contributed by atoms with van der Waals surface area (Å²) < 4.78 is 0. The van der Waals surface area contributed by atoms with E-state index in [1.54, 1.807) is 0 Å². The zero-order chi connectivity index (χ0) is 13.9. The van der Waals surface area contributed by atoms with Gasteiger partial charge in [0.1, 0.15) is 0 Å². The lowest BCUT2D eigenvalue weighted by molar-refractivity contribution is -0.128. The third-order valence-corrected chi connectivity index (χ3v) is 4.66. The number of nitrogens with two attached hydrogens (primary N) is 2. The van der Waals surface area contributed by atoms with E-state index in [0.29, 0.717) is 0 Å². The topological polar surface area (TPSA) is 98.2 Å². The fraction of sp³-hybridized carbons (Fsp3) is 0.857. The first kappa shape index (κ1) is 14.3. The summed E-state index contributed by atoms with van der Waals surface area (Å²) in [6.07, 6.45) is 8.04. The third kappa shape index (κ3) is 3.47. The van der Waals surface area contributed by atoms with Gasteiger partial charge in [-0.1, -0.05) is 19.3 Å². The molecule has 108 valence electrons. The SMILES string of the molecule is NC(=O)C1CCC(NC(=O)C2(N)CCCCC2)CC1. The number of hydrogen-bond donors (Lipinski definition) is 3. The number of nitrogens with one attached hydrogen (secondary N) is 1. The molecule has 2 aliphatic carbocycles. The van der Waals surface area contributed by atoms with Crippen LogP contribution < -0.4 is 16.8 Å². The molecule has 2 fully saturated rings. The Kier molecular flexibility index (Phi) is 4.45. The van der Waals surface area contributed by atoms with Crippen LogP contribution >= 0.6 is 0 Å². The second-order valence-corrected chi connectivity index (χ2v) is 6.14. The van der Waals surface area contributed by atoms with Crippen LogP contribution in [0.25, 0.3) is 0 Å². The summed E-state index contributed by atoms with van der Waals surface area (Å²) >= 11 is 0. The van der Waals surface area contributed by atoms with Gasteiger partial charge < -0.3 is 16.8 Å². The maximum Gasteiger partial charge on any atom is 0.240 e. The van der Waals surface area contributed by atoms with E-state index in [2.05, 4.69) is 5.32 Å². The molecule has 0 aromatic carbocycles. The second kappa shape index (κ2) is 5.90. The zero-order valence-electron chi connectivity index (χ0n) is 11.5. The molecule has 5 N–H and O–H groups in total. The van der Waals surface area contributed by atoms with Crippen molar-refractivity contribution in [2.75, 3.05) is 0 Å². The Labute approximate surface area is 114 Å². The van der Waals surface area contributed by atoms with Crippen LogP contribution in [0, 0.1) is 5.92 Å². The molecule has 0 aliphatic heterocycles. The lowest BCUT2D eigenvalue weighted by atomic mass is 9.80. The fourth-order valence-electron chi connectivity index (χ4n) is 3.26. The molecule has 0 atom stereocenters. The van der Waals surface area contributed by atoms with E-state index in [1.165, 1.54) is 6.42 Å². The van der Waals surface area contributed by atoms with Crippen LogP contribution in [0.2, 0.25) is 0 Å². The molecule has 5 heteroatoms. The minimum absolute atomic E-state index is 0.00488. The van der Waals surface area contributed by atoms with E-state index in [9.17, 15) is 9.59 Å². The summed E-state index contributed by atoms with van der Waals surface area (Å²) in [6.45, 7) is 0. The van der Waals surface area contributed by atoms with Gasteiger partial charge >= 0.3 is 0 Å². The van der Waals surface area contributed by atoms with Gasteiger partial charge in [0.05, 0.1) is 5.54 Å². The first-order valence-electron chi connectivity index (χ1n) is 7.40. The van der Waals surface area contributed by atoms with Gasteiger partial charge in [-0.05, 0) is 38.5 Å². The first-order valence-corrected chi connectivity index (χ1v) is 7.40. The standard InChI is InChI=1S/C14H25N3O2/c15-12(18)10-4-6-11(7-5-10)17-13(19)14(16)8-2-1-3-9-14/h10-11H,1-9,16H2,(H2,15,18)(H,17,19). The van der Waals surface area contributed by atoms with Gasteiger partial charge in [-0.15, -0.1) is 0 Å². The van der Waals surface area contributed by atoms with Gasteiger partial charge in [0.25, 0.3) is 0 Å². The van der Waals surface area contributed by atoms with Crippen molar-refractivity contribution < 1.29 is 9.59 Å². The molecule has 0 aromatic heterocycles. The average Bonchev–Trinajstić information content (AvgIpc) is 2.40. The first-order chi connectivity index (χ1) is 9.01. The molecule has 2 amide bonds. The largest absolute Gasteiger partial charge is 0.369 e. The van der Waals surface area contributed by atoms with E-state index in [0.717, 1.165) is 51.4 Å². The number of rotatable bonds is 3. The number of carbonyl (C=O) groups is 2. The second-order valence-electron chi connectivity index (χ2n) is 6.14. The molecule has 0 unspecified atom stereocenters. The Morgan fingerprint density at radius 3 is 2.11 bits per heavy atom. The van der Waals surface area contributed by atoms with Gasteiger partial charge in [0.15, 0.2) is 0 Å². The number of primary amides is 1. The molecule has 2 rings (SSSR count). The predicted octanol–water partition coefficient (Wildman–Crippen LogP) is 0.808. The van der Waals surface area contributed by atoms with Crippen molar-refractivity contribution in [1.82, 2.24) is 5.32 Å². The highest BCUT2D eigenvalue weighted by molar-refractivity contribution is 5.86. The number of amides is 2. The van der Waals surface area contributed by atoms with Crippen molar-refractivity contribution in [1.29, 1.82) is 0 Å². The maximum atomic E-state index is 12.3. The molecule has 5 nitrogen and oxygen atoms in total. The lowest BCUT2D eigenvalue weighted by Crippen LogP contribution is -2.57. The highest BCUT2D eigenvalue weighted by Crippen LogP contribution is 2.28. The third-order valence-electron chi connectivity index (χ3n) is 4.66. The minimum Gasteiger partial charge on any atom is -0.369 e. The highest BCUT2D eigenvalue weighted by atomic mass is 16.2. The van der Waals surface area contributed by atoms with Gasteiger partial charge in [0.2, 0.25) is 11.8 Å². The molecule has 0 aromatic rings. The van der Waals surface area contributed by atoms with Crippen molar-refractivity contribution in [2.24, 2.45) is 17.4 Å². The monoisotopic (exact) mass is 267 g/mol. The van der Waals surface area contributed by atoms with Crippen LogP contribution in [0.4, 0.5) is 0 Å². The summed E-state index contributed by atoms with van der Waals surface area (Å²) in [7, 11) is 0. The van der Waals surface area contributed by atoms with Crippen LogP contribution in [0.5, 0.6) is 0 Å². The highest BCUT2D eigenvalue weighted by Gasteiger charge is 2.37. The van der Waals surface area contributed by atoms with Crippen LogP contribution in [0.1, 0.15) is 57.8 Å². The summed E-state index contributed by atoms with van der Waals surface area (Å²) in [6, 6.07) is 0.158. The predicted molar refractivity (Wildman–Crippen MR) is 73.1 cm³/mol. The Balaban J connectivity index is 1.82. The Morgan fingerprint density at radius 1 is 1.00 bits per heavy atom. The van der Waals surface area contributed by atoms with Gasteiger partial charge in [-0.3, -0.25) is 9.59 Å². The van der Waals surface area contributed by atoms with Crippen LogP contribution in [-0.2, 0) is 9.59 Å². The molecule has 2 saturated carbocycles. The number of hydrogen-bond acceptors (Lipinski definition) is 3.